The molecule has 0 amide bonds. The van der Waals surface area contributed by atoms with Gasteiger partial charge in [0.15, 0.2) is 0 Å². The van der Waals surface area contributed by atoms with E-state index >= 15 is 0 Å². The van der Waals surface area contributed by atoms with Crippen LogP contribution in [0, 0.1) is 6.92 Å². The van der Waals surface area contributed by atoms with Crippen molar-refractivity contribution in [3.63, 3.8) is 0 Å². The number of hydrogen-bond acceptors (Lipinski definition) is 2. The van der Waals surface area contributed by atoms with Crippen molar-refractivity contribution in [1.29, 1.82) is 0 Å². The Morgan fingerprint density at radius 1 is 1.24 bits per heavy atom. The highest BCUT2D eigenvalue weighted by atomic mass is 16.4. The van der Waals surface area contributed by atoms with E-state index in [1.165, 1.54) is 0 Å². The van der Waals surface area contributed by atoms with Crippen molar-refractivity contribution in [2.45, 2.75) is 13.3 Å². The van der Waals surface area contributed by atoms with Gasteiger partial charge >= 0.3 is 5.97 Å². The van der Waals surface area contributed by atoms with E-state index in [0.717, 1.165) is 22.5 Å². The number of pyridine rings is 1. The Hall–Kier alpha value is -2.16. The standard InChI is InChI=1S/C14H13NO2/c1-10-7-11(9-14(16)17)8-13(15-10)12-5-3-2-4-6-12/h2-8H,9H2,1H3,(H,16,17). The zero-order valence-corrected chi connectivity index (χ0v) is 9.55. The Bertz CT molecular complexity index is 535. The Kier molecular flexibility index (Phi) is 3.19. The van der Waals surface area contributed by atoms with E-state index in [2.05, 4.69) is 4.98 Å². The summed E-state index contributed by atoms with van der Waals surface area (Å²) in [7, 11) is 0. The molecule has 2 aromatic rings. The first-order chi connectivity index (χ1) is 8.15. The van der Waals surface area contributed by atoms with Gasteiger partial charge in [-0.1, -0.05) is 30.3 Å². The van der Waals surface area contributed by atoms with E-state index in [-0.39, 0.29) is 6.42 Å². The summed E-state index contributed by atoms with van der Waals surface area (Å²) in [6.45, 7) is 1.87. The van der Waals surface area contributed by atoms with Gasteiger partial charge in [-0.15, -0.1) is 0 Å². The number of aliphatic carboxylic acids is 1. The molecule has 1 aromatic carbocycles. The fourth-order valence-corrected chi connectivity index (χ4v) is 1.77. The Morgan fingerprint density at radius 2 is 1.94 bits per heavy atom. The molecule has 86 valence electrons. The van der Waals surface area contributed by atoms with Gasteiger partial charge in [0, 0.05) is 11.3 Å². The summed E-state index contributed by atoms with van der Waals surface area (Å²) < 4.78 is 0. The molecule has 0 radical (unpaired) electrons. The molecule has 1 heterocycles. The highest BCUT2D eigenvalue weighted by molar-refractivity contribution is 5.71. The lowest BCUT2D eigenvalue weighted by Gasteiger charge is -2.05. The van der Waals surface area contributed by atoms with Crippen LogP contribution in [0.1, 0.15) is 11.3 Å². The molecule has 0 spiro atoms. The maximum absolute atomic E-state index is 10.7. The molecule has 0 saturated carbocycles. The fraction of sp³-hybridized carbons (Fsp3) is 0.143. The first kappa shape index (κ1) is 11.3. The Balaban J connectivity index is 2.42. The average Bonchev–Trinajstić information content (AvgIpc) is 2.28. The van der Waals surface area contributed by atoms with Crippen LogP contribution in [0.5, 0.6) is 0 Å². The number of carbonyl (C=O) groups is 1. The van der Waals surface area contributed by atoms with Gasteiger partial charge in [-0.25, -0.2) is 0 Å². The maximum Gasteiger partial charge on any atom is 0.307 e. The largest absolute Gasteiger partial charge is 0.481 e. The van der Waals surface area contributed by atoms with Crippen LogP contribution < -0.4 is 0 Å². The summed E-state index contributed by atoms with van der Waals surface area (Å²) in [5.74, 6) is -0.824. The van der Waals surface area contributed by atoms with Crippen molar-refractivity contribution >= 4 is 5.97 Å². The molecule has 0 aliphatic heterocycles. The van der Waals surface area contributed by atoms with Crippen LogP contribution in [0.15, 0.2) is 42.5 Å². The van der Waals surface area contributed by atoms with Crippen molar-refractivity contribution in [3.05, 3.63) is 53.7 Å². The molecular weight excluding hydrogens is 214 g/mol. The van der Waals surface area contributed by atoms with Crippen LogP contribution in [-0.2, 0) is 11.2 Å². The van der Waals surface area contributed by atoms with E-state index in [4.69, 9.17) is 5.11 Å². The predicted octanol–water partition coefficient (Wildman–Crippen LogP) is 2.68. The first-order valence-electron chi connectivity index (χ1n) is 5.40. The second kappa shape index (κ2) is 4.78. The minimum atomic E-state index is -0.824. The second-order valence-electron chi connectivity index (χ2n) is 3.94. The fourth-order valence-electron chi connectivity index (χ4n) is 1.77. The van der Waals surface area contributed by atoms with Gasteiger partial charge in [0.1, 0.15) is 0 Å². The number of nitrogens with zero attached hydrogens (tertiary/aromatic N) is 1. The topological polar surface area (TPSA) is 50.2 Å². The maximum atomic E-state index is 10.7. The number of aryl methyl sites for hydroxylation is 1. The van der Waals surface area contributed by atoms with E-state index in [1.807, 2.05) is 43.3 Å². The van der Waals surface area contributed by atoms with Crippen LogP contribution in [0.3, 0.4) is 0 Å². The summed E-state index contributed by atoms with van der Waals surface area (Å²) in [6, 6.07) is 13.4. The molecule has 0 bridgehead atoms. The lowest BCUT2D eigenvalue weighted by Crippen LogP contribution is -2.01. The molecule has 2 rings (SSSR count). The van der Waals surface area contributed by atoms with Gasteiger partial charge in [-0.2, -0.15) is 0 Å². The van der Waals surface area contributed by atoms with Crippen LogP contribution in [0.4, 0.5) is 0 Å². The van der Waals surface area contributed by atoms with Crippen molar-refractivity contribution in [2.75, 3.05) is 0 Å². The molecule has 1 aromatic heterocycles. The van der Waals surface area contributed by atoms with E-state index in [0.29, 0.717) is 0 Å². The van der Waals surface area contributed by atoms with Gasteiger partial charge in [0.05, 0.1) is 12.1 Å². The van der Waals surface area contributed by atoms with Crippen molar-refractivity contribution in [3.8, 4) is 11.3 Å². The molecule has 1 N–H and O–H groups in total. The minimum Gasteiger partial charge on any atom is -0.481 e. The third kappa shape index (κ3) is 2.91. The minimum absolute atomic E-state index is 0.0309. The molecule has 0 aliphatic carbocycles. The van der Waals surface area contributed by atoms with Crippen molar-refractivity contribution < 1.29 is 9.90 Å². The average molecular weight is 227 g/mol. The third-order valence-electron chi connectivity index (χ3n) is 2.44. The summed E-state index contributed by atoms with van der Waals surface area (Å²) >= 11 is 0. The lowest BCUT2D eigenvalue weighted by atomic mass is 10.1. The molecule has 0 aliphatic rings. The zero-order chi connectivity index (χ0) is 12.3. The van der Waals surface area contributed by atoms with Gasteiger partial charge in [-0.05, 0) is 24.6 Å². The molecule has 0 saturated heterocycles. The van der Waals surface area contributed by atoms with E-state index < -0.39 is 5.97 Å². The van der Waals surface area contributed by atoms with Gasteiger partial charge in [-0.3, -0.25) is 9.78 Å². The van der Waals surface area contributed by atoms with Crippen LogP contribution in [0.2, 0.25) is 0 Å². The number of hydrogen-bond donors (Lipinski definition) is 1. The quantitative estimate of drug-likeness (QED) is 0.877. The SMILES string of the molecule is Cc1cc(CC(=O)O)cc(-c2ccccc2)n1. The van der Waals surface area contributed by atoms with Gasteiger partial charge < -0.3 is 5.11 Å². The van der Waals surface area contributed by atoms with Crippen LogP contribution in [0.25, 0.3) is 11.3 Å². The monoisotopic (exact) mass is 227 g/mol. The van der Waals surface area contributed by atoms with Gasteiger partial charge in [0.2, 0.25) is 0 Å². The predicted molar refractivity (Wildman–Crippen MR) is 65.7 cm³/mol. The molecule has 0 fully saturated rings. The number of carboxylic acids is 1. The zero-order valence-electron chi connectivity index (χ0n) is 9.55. The molecule has 3 nitrogen and oxygen atoms in total. The number of carboxylic acid groups (broad SMARTS) is 1. The summed E-state index contributed by atoms with van der Waals surface area (Å²) in [4.78, 5) is 15.1. The summed E-state index contributed by atoms with van der Waals surface area (Å²) in [6.07, 6.45) is 0.0309. The molecule has 0 unspecified atom stereocenters. The Morgan fingerprint density at radius 3 is 2.59 bits per heavy atom. The van der Waals surface area contributed by atoms with Gasteiger partial charge in [0.25, 0.3) is 0 Å². The van der Waals surface area contributed by atoms with E-state index in [1.54, 1.807) is 6.07 Å². The number of aromatic nitrogens is 1. The molecule has 0 atom stereocenters. The first-order valence-corrected chi connectivity index (χ1v) is 5.40. The van der Waals surface area contributed by atoms with Crippen LogP contribution >= 0.6 is 0 Å². The highest BCUT2D eigenvalue weighted by Gasteiger charge is 2.05. The van der Waals surface area contributed by atoms with E-state index in [9.17, 15) is 4.79 Å². The smallest absolute Gasteiger partial charge is 0.307 e. The number of benzene rings is 1. The van der Waals surface area contributed by atoms with Crippen LogP contribution in [-0.4, -0.2) is 16.1 Å². The second-order valence-corrected chi connectivity index (χ2v) is 3.94. The summed E-state index contributed by atoms with van der Waals surface area (Å²) in [5.41, 5.74) is 3.44. The molecular formula is C14H13NO2. The molecule has 3 heteroatoms. The molecule has 17 heavy (non-hydrogen) atoms. The van der Waals surface area contributed by atoms with Crippen molar-refractivity contribution in [1.82, 2.24) is 4.98 Å². The lowest BCUT2D eigenvalue weighted by molar-refractivity contribution is -0.136. The highest BCUT2D eigenvalue weighted by Crippen LogP contribution is 2.19. The normalized spacial score (nSPS) is 10.2. The Labute approximate surface area is 99.8 Å². The number of rotatable bonds is 3. The third-order valence-corrected chi connectivity index (χ3v) is 2.44. The van der Waals surface area contributed by atoms with Crippen molar-refractivity contribution in [2.24, 2.45) is 0 Å². The summed E-state index contributed by atoms with van der Waals surface area (Å²) in [5, 5.41) is 8.80.